The number of aromatic nitrogens is 3. The fourth-order valence-corrected chi connectivity index (χ4v) is 3.35. The highest BCUT2D eigenvalue weighted by Crippen LogP contribution is 2.31. The summed E-state index contributed by atoms with van der Waals surface area (Å²) in [5, 5.41) is 11.9. The number of carbonyl (C=O) groups is 1. The molecule has 0 bridgehead atoms. The van der Waals surface area contributed by atoms with E-state index in [4.69, 9.17) is 0 Å². The van der Waals surface area contributed by atoms with Crippen LogP contribution in [-0.2, 0) is 13.6 Å². The maximum absolute atomic E-state index is 12.1. The lowest BCUT2D eigenvalue weighted by Gasteiger charge is -2.19. The van der Waals surface area contributed by atoms with Crippen molar-refractivity contribution in [2.24, 2.45) is 13.0 Å². The smallest absolute Gasteiger partial charge is 0.338 e. The zero-order valence-corrected chi connectivity index (χ0v) is 14.5. The summed E-state index contributed by atoms with van der Waals surface area (Å²) in [6.07, 6.45) is 0. The maximum atomic E-state index is 12.1. The Labute approximate surface area is 146 Å². The van der Waals surface area contributed by atoms with E-state index in [-0.39, 0.29) is 18.3 Å². The van der Waals surface area contributed by atoms with Gasteiger partial charge in [0.2, 0.25) is 0 Å². The normalized spacial score (nSPS) is 20.6. The third-order valence-electron chi connectivity index (χ3n) is 4.76. The summed E-state index contributed by atoms with van der Waals surface area (Å²) in [5.41, 5.74) is 1.02. The predicted octanol–water partition coefficient (Wildman–Crippen LogP) is 0.253. The van der Waals surface area contributed by atoms with E-state index in [2.05, 4.69) is 57.0 Å². The fourth-order valence-electron chi connectivity index (χ4n) is 3.35. The van der Waals surface area contributed by atoms with Crippen molar-refractivity contribution in [3.8, 4) is 0 Å². The van der Waals surface area contributed by atoms with Gasteiger partial charge in [0.05, 0.1) is 6.54 Å². The fraction of sp³-hybridized carbons (Fsp3) is 0.471. The van der Waals surface area contributed by atoms with Crippen molar-refractivity contribution < 1.29 is 4.79 Å². The summed E-state index contributed by atoms with van der Waals surface area (Å²) < 4.78 is 1.37. The molecule has 1 aromatic heterocycles. The number of nitrogens with zero attached hydrogens (tertiary/aromatic N) is 3. The summed E-state index contributed by atoms with van der Waals surface area (Å²) in [5.74, 6) is 1.27. The van der Waals surface area contributed by atoms with Crippen LogP contribution in [0.2, 0.25) is 0 Å². The predicted molar refractivity (Wildman–Crippen MR) is 94.2 cm³/mol. The van der Waals surface area contributed by atoms with Crippen molar-refractivity contribution in [2.75, 3.05) is 26.7 Å². The molecule has 134 valence electrons. The number of likely N-dealkylation sites (tertiary alicyclic amines) is 1. The Balaban J connectivity index is 1.52. The van der Waals surface area contributed by atoms with Gasteiger partial charge in [-0.05, 0) is 18.5 Å². The number of hydrogen-bond donors (Lipinski definition) is 3. The number of carbonyl (C=O) groups excluding carboxylic acids is 1. The van der Waals surface area contributed by atoms with E-state index in [0.717, 1.165) is 13.1 Å². The Hall–Kier alpha value is -2.61. The van der Waals surface area contributed by atoms with Crippen LogP contribution in [0.5, 0.6) is 0 Å². The van der Waals surface area contributed by atoms with E-state index >= 15 is 0 Å². The topological polar surface area (TPSA) is 95.1 Å². The van der Waals surface area contributed by atoms with Crippen LogP contribution in [-0.4, -0.2) is 52.4 Å². The van der Waals surface area contributed by atoms with Crippen molar-refractivity contribution in [1.29, 1.82) is 0 Å². The first-order chi connectivity index (χ1) is 12.0. The first-order valence-corrected chi connectivity index (χ1v) is 8.40. The molecule has 2 aromatic rings. The molecule has 0 aliphatic carbocycles. The number of H-pyrrole nitrogens is 1. The van der Waals surface area contributed by atoms with E-state index in [0.29, 0.717) is 24.2 Å². The number of urea groups is 1. The number of nitrogens with one attached hydrogen (secondary N) is 3. The summed E-state index contributed by atoms with van der Waals surface area (Å²) in [6.45, 7) is 2.75. The highest BCUT2D eigenvalue weighted by atomic mass is 16.2. The molecule has 1 fully saturated rings. The molecule has 0 unspecified atom stereocenters. The molecule has 2 atom stereocenters. The summed E-state index contributed by atoms with van der Waals surface area (Å²) >= 11 is 0. The van der Waals surface area contributed by atoms with Crippen LogP contribution < -0.4 is 16.3 Å². The molecule has 2 heterocycles. The molecule has 8 nitrogen and oxygen atoms in total. The third kappa shape index (κ3) is 4.08. The first kappa shape index (κ1) is 17.2. The molecule has 1 aliphatic rings. The van der Waals surface area contributed by atoms with Gasteiger partial charge in [-0.2, -0.15) is 5.10 Å². The van der Waals surface area contributed by atoms with Crippen molar-refractivity contribution in [3.63, 3.8) is 0 Å². The molecule has 25 heavy (non-hydrogen) atoms. The third-order valence-corrected chi connectivity index (χ3v) is 4.76. The van der Waals surface area contributed by atoms with Gasteiger partial charge >= 0.3 is 11.7 Å². The monoisotopic (exact) mass is 344 g/mol. The Kier molecular flexibility index (Phi) is 5.18. The van der Waals surface area contributed by atoms with Gasteiger partial charge in [0.25, 0.3) is 0 Å². The minimum Gasteiger partial charge on any atom is -0.338 e. The van der Waals surface area contributed by atoms with E-state index < -0.39 is 0 Å². The first-order valence-electron chi connectivity index (χ1n) is 8.40. The van der Waals surface area contributed by atoms with Crippen molar-refractivity contribution in [3.05, 3.63) is 52.2 Å². The second kappa shape index (κ2) is 7.52. The minimum absolute atomic E-state index is 0.202. The minimum atomic E-state index is -0.295. The molecule has 0 radical (unpaired) electrons. The van der Waals surface area contributed by atoms with Gasteiger partial charge in [-0.3, -0.25) is 4.57 Å². The average molecular weight is 344 g/mol. The SMILES string of the molecule is CN1C[C@@H](CNC(=O)NCc2n[nH]c(=O)n2C)[C@H](c2ccccc2)C1. The van der Waals surface area contributed by atoms with Crippen LogP contribution in [0, 0.1) is 5.92 Å². The van der Waals surface area contributed by atoms with Crippen LogP contribution in [0.3, 0.4) is 0 Å². The largest absolute Gasteiger partial charge is 0.343 e. The molecule has 0 saturated carbocycles. The molecule has 3 N–H and O–H groups in total. The Morgan fingerprint density at radius 1 is 1.24 bits per heavy atom. The summed E-state index contributed by atoms with van der Waals surface area (Å²) in [7, 11) is 3.72. The lowest BCUT2D eigenvalue weighted by atomic mass is 9.89. The number of rotatable bonds is 5. The van der Waals surface area contributed by atoms with Gasteiger partial charge < -0.3 is 15.5 Å². The van der Waals surface area contributed by atoms with Gasteiger partial charge in [0.15, 0.2) is 5.82 Å². The Bertz CT molecular complexity index is 769. The lowest BCUT2D eigenvalue weighted by Crippen LogP contribution is -2.39. The number of benzene rings is 1. The zero-order chi connectivity index (χ0) is 17.8. The van der Waals surface area contributed by atoms with Crippen molar-refractivity contribution in [2.45, 2.75) is 12.5 Å². The van der Waals surface area contributed by atoms with Crippen molar-refractivity contribution in [1.82, 2.24) is 30.3 Å². The molecule has 1 aromatic carbocycles. The van der Waals surface area contributed by atoms with E-state index in [1.807, 2.05) is 6.07 Å². The maximum Gasteiger partial charge on any atom is 0.343 e. The highest BCUT2D eigenvalue weighted by Gasteiger charge is 2.31. The van der Waals surface area contributed by atoms with Crippen molar-refractivity contribution >= 4 is 6.03 Å². The molecule has 2 amide bonds. The van der Waals surface area contributed by atoms with Crippen LogP contribution >= 0.6 is 0 Å². The quantitative estimate of drug-likeness (QED) is 0.725. The van der Waals surface area contributed by atoms with Gasteiger partial charge in [-0.15, -0.1) is 0 Å². The number of aromatic amines is 1. The number of amides is 2. The van der Waals surface area contributed by atoms with E-state index in [9.17, 15) is 9.59 Å². The molecule has 0 spiro atoms. The standard InChI is InChI=1S/C17H24N6O2/c1-22-10-13(14(11-22)12-6-4-3-5-7-12)8-18-16(24)19-9-15-20-21-17(25)23(15)2/h3-7,13-14H,8-11H2,1-2H3,(H,21,25)(H2,18,19,24)/t13-,14+/m1/s1. The zero-order valence-electron chi connectivity index (χ0n) is 14.5. The van der Waals surface area contributed by atoms with Crippen LogP contribution in [0.1, 0.15) is 17.3 Å². The molecule has 1 aliphatic heterocycles. The number of likely N-dealkylation sites (N-methyl/N-ethyl adjacent to an activating group) is 1. The summed E-state index contributed by atoms with van der Waals surface area (Å²) in [6, 6.07) is 10.2. The molecule has 8 heteroatoms. The average Bonchev–Trinajstić information content (AvgIpc) is 3.15. The van der Waals surface area contributed by atoms with Gasteiger partial charge in [0, 0.05) is 32.6 Å². The van der Waals surface area contributed by atoms with Crippen LogP contribution in [0.15, 0.2) is 35.1 Å². The van der Waals surface area contributed by atoms with E-state index in [1.165, 1.54) is 10.1 Å². The lowest BCUT2D eigenvalue weighted by molar-refractivity contribution is 0.237. The van der Waals surface area contributed by atoms with Gasteiger partial charge in [-0.25, -0.2) is 14.7 Å². The molecular formula is C17H24N6O2. The summed E-state index contributed by atoms with van der Waals surface area (Å²) in [4.78, 5) is 25.6. The van der Waals surface area contributed by atoms with Crippen LogP contribution in [0.4, 0.5) is 4.79 Å². The van der Waals surface area contributed by atoms with Gasteiger partial charge in [-0.1, -0.05) is 30.3 Å². The highest BCUT2D eigenvalue weighted by molar-refractivity contribution is 5.73. The second-order valence-corrected chi connectivity index (χ2v) is 6.57. The Morgan fingerprint density at radius 2 is 2.00 bits per heavy atom. The molecule has 1 saturated heterocycles. The van der Waals surface area contributed by atoms with Crippen LogP contribution in [0.25, 0.3) is 0 Å². The molecule has 3 rings (SSSR count). The van der Waals surface area contributed by atoms with Gasteiger partial charge in [0.1, 0.15) is 0 Å². The molecular weight excluding hydrogens is 320 g/mol. The van der Waals surface area contributed by atoms with E-state index in [1.54, 1.807) is 7.05 Å². The second-order valence-electron chi connectivity index (χ2n) is 6.57. The number of hydrogen-bond acceptors (Lipinski definition) is 4. The Morgan fingerprint density at radius 3 is 2.68 bits per heavy atom.